The van der Waals surface area contributed by atoms with Crippen molar-refractivity contribution in [2.75, 3.05) is 19.8 Å². The fraction of sp³-hybridized carbons (Fsp3) is 0.455. The van der Waals surface area contributed by atoms with Crippen molar-refractivity contribution in [1.29, 1.82) is 0 Å². The van der Waals surface area contributed by atoms with Crippen molar-refractivity contribution in [2.24, 2.45) is 0 Å². The van der Waals surface area contributed by atoms with Crippen molar-refractivity contribution in [3.05, 3.63) is 57.6 Å². The van der Waals surface area contributed by atoms with Crippen molar-refractivity contribution >= 4 is 35.6 Å². The van der Waals surface area contributed by atoms with Crippen LogP contribution in [0.4, 0.5) is 0 Å². The number of hydrogen-bond acceptors (Lipinski definition) is 4. The molecule has 162 valence electrons. The average molecular weight is 463 g/mol. The van der Waals surface area contributed by atoms with Gasteiger partial charge >= 0.3 is 0 Å². The van der Waals surface area contributed by atoms with Gasteiger partial charge in [0, 0.05) is 34.3 Å². The van der Waals surface area contributed by atoms with E-state index in [1.807, 2.05) is 51.1 Å². The molecule has 0 atom stereocenters. The van der Waals surface area contributed by atoms with Gasteiger partial charge < -0.3 is 19.5 Å². The van der Waals surface area contributed by atoms with Gasteiger partial charge in [-0.15, -0.1) is 12.4 Å². The Hall–Kier alpha value is -1.17. The van der Waals surface area contributed by atoms with Gasteiger partial charge in [0.2, 0.25) is 0 Å². The molecule has 0 heterocycles. The Morgan fingerprint density at radius 1 is 1.03 bits per heavy atom. The SMILES string of the molecule is CCOc1cccc(CNCCCOC(C)C)c1OCc1ccc(Cl)cc1Cl.Cl. The molecule has 2 aromatic carbocycles. The summed E-state index contributed by atoms with van der Waals surface area (Å²) in [7, 11) is 0. The van der Waals surface area contributed by atoms with Crippen LogP contribution in [0.25, 0.3) is 0 Å². The summed E-state index contributed by atoms with van der Waals surface area (Å²) < 4.78 is 17.4. The van der Waals surface area contributed by atoms with Gasteiger partial charge in [0.25, 0.3) is 0 Å². The Morgan fingerprint density at radius 3 is 2.52 bits per heavy atom. The van der Waals surface area contributed by atoms with E-state index in [0.717, 1.165) is 42.2 Å². The molecule has 2 rings (SSSR count). The molecule has 0 aromatic heterocycles. The number of ether oxygens (including phenoxy) is 3. The first-order valence-electron chi connectivity index (χ1n) is 9.65. The summed E-state index contributed by atoms with van der Waals surface area (Å²) in [5, 5.41) is 4.64. The summed E-state index contributed by atoms with van der Waals surface area (Å²) in [6, 6.07) is 11.3. The first kappa shape index (κ1) is 25.9. The lowest BCUT2D eigenvalue weighted by Gasteiger charge is -2.17. The zero-order chi connectivity index (χ0) is 20.4. The summed E-state index contributed by atoms with van der Waals surface area (Å²) in [6.07, 6.45) is 1.22. The van der Waals surface area contributed by atoms with E-state index in [0.29, 0.717) is 29.8 Å². The summed E-state index contributed by atoms with van der Waals surface area (Å²) in [6.45, 7) is 9.27. The van der Waals surface area contributed by atoms with E-state index >= 15 is 0 Å². The largest absolute Gasteiger partial charge is 0.490 e. The monoisotopic (exact) mass is 461 g/mol. The minimum atomic E-state index is 0. The topological polar surface area (TPSA) is 39.7 Å². The summed E-state index contributed by atoms with van der Waals surface area (Å²) in [5.41, 5.74) is 1.92. The molecule has 0 radical (unpaired) electrons. The van der Waals surface area contributed by atoms with Gasteiger partial charge in [-0.2, -0.15) is 0 Å². The Kier molecular flexibility index (Phi) is 12.4. The van der Waals surface area contributed by atoms with E-state index < -0.39 is 0 Å². The lowest BCUT2D eigenvalue weighted by molar-refractivity contribution is 0.0770. The van der Waals surface area contributed by atoms with E-state index in [4.69, 9.17) is 37.4 Å². The number of rotatable bonds is 12. The number of benzene rings is 2. The Bertz CT molecular complexity index is 741. The second kappa shape index (κ2) is 13.9. The number of hydrogen-bond donors (Lipinski definition) is 1. The fourth-order valence-corrected chi connectivity index (χ4v) is 3.12. The lowest BCUT2D eigenvalue weighted by Crippen LogP contribution is -2.18. The van der Waals surface area contributed by atoms with Crippen molar-refractivity contribution in [3.63, 3.8) is 0 Å². The van der Waals surface area contributed by atoms with Gasteiger partial charge in [0.1, 0.15) is 6.61 Å². The molecule has 29 heavy (non-hydrogen) atoms. The molecule has 0 saturated heterocycles. The van der Waals surface area contributed by atoms with Gasteiger partial charge in [0.05, 0.1) is 12.7 Å². The second-order valence-corrected chi connectivity index (χ2v) is 7.50. The van der Waals surface area contributed by atoms with Gasteiger partial charge in [0.15, 0.2) is 11.5 Å². The van der Waals surface area contributed by atoms with Crippen molar-refractivity contribution in [3.8, 4) is 11.5 Å². The quantitative estimate of drug-likeness (QED) is 0.376. The molecule has 0 unspecified atom stereocenters. The third-order valence-electron chi connectivity index (χ3n) is 4.01. The van der Waals surface area contributed by atoms with Crippen LogP contribution in [0.1, 0.15) is 38.3 Å². The normalized spacial score (nSPS) is 10.7. The van der Waals surface area contributed by atoms with E-state index in [2.05, 4.69) is 5.32 Å². The fourth-order valence-electron chi connectivity index (χ4n) is 2.66. The lowest BCUT2D eigenvalue weighted by atomic mass is 10.1. The molecule has 0 amide bonds. The smallest absolute Gasteiger partial charge is 0.166 e. The van der Waals surface area contributed by atoms with E-state index in [9.17, 15) is 0 Å². The molecule has 0 fully saturated rings. The van der Waals surface area contributed by atoms with Gasteiger partial charge in [-0.3, -0.25) is 0 Å². The van der Waals surface area contributed by atoms with Crippen molar-refractivity contribution in [2.45, 2.75) is 46.4 Å². The van der Waals surface area contributed by atoms with Crippen LogP contribution < -0.4 is 14.8 Å². The Labute approximate surface area is 190 Å². The molecule has 7 heteroatoms. The van der Waals surface area contributed by atoms with Crippen molar-refractivity contribution < 1.29 is 14.2 Å². The summed E-state index contributed by atoms with van der Waals surface area (Å²) in [5.74, 6) is 1.47. The predicted molar refractivity (Wildman–Crippen MR) is 123 cm³/mol. The average Bonchev–Trinajstić information content (AvgIpc) is 2.65. The maximum atomic E-state index is 6.27. The van der Waals surface area contributed by atoms with E-state index in [-0.39, 0.29) is 18.5 Å². The summed E-state index contributed by atoms with van der Waals surface area (Å²) in [4.78, 5) is 0. The predicted octanol–water partition coefficient (Wildman–Crippen LogP) is 6.30. The highest BCUT2D eigenvalue weighted by molar-refractivity contribution is 6.35. The van der Waals surface area contributed by atoms with Gasteiger partial charge in [-0.1, -0.05) is 41.4 Å². The number of para-hydroxylation sites is 1. The van der Waals surface area contributed by atoms with Crippen LogP contribution >= 0.6 is 35.6 Å². The maximum Gasteiger partial charge on any atom is 0.166 e. The first-order valence-corrected chi connectivity index (χ1v) is 10.4. The molecule has 0 bridgehead atoms. The zero-order valence-corrected chi connectivity index (χ0v) is 19.5. The number of nitrogens with one attached hydrogen (secondary N) is 1. The zero-order valence-electron chi connectivity index (χ0n) is 17.2. The molecule has 0 saturated carbocycles. The molecular formula is C22H30Cl3NO3. The van der Waals surface area contributed by atoms with Gasteiger partial charge in [-0.25, -0.2) is 0 Å². The van der Waals surface area contributed by atoms with Crippen LogP contribution in [0, 0.1) is 0 Å². The molecule has 0 aliphatic heterocycles. The van der Waals surface area contributed by atoms with Crippen LogP contribution in [0.15, 0.2) is 36.4 Å². The van der Waals surface area contributed by atoms with E-state index in [1.165, 1.54) is 0 Å². The molecular weight excluding hydrogens is 433 g/mol. The molecule has 0 aliphatic carbocycles. The van der Waals surface area contributed by atoms with Crippen molar-refractivity contribution in [1.82, 2.24) is 5.32 Å². The molecule has 2 aromatic rings. The highest BCUT2D eigenvalue weighted by Gasteiger charge is 2.12. The highest BCUT2D eigenvalue weighted by atomic mass is 35.5. The minimum absolute atomic E-state index is 0. The third kappa shape index (κ3) is 9.02. The molecule has 4 nitrogen and oxygen atoms in total. The Balaban J connectivity index is 0.00000420. The first-order chi connectivity index (χ1) is 13.5. The van der Waals surface area contributed by atoms with Crippen LogP contribution in [0.3, 0.4) is 0 Å². The van der Waals surface area contributed by atoms with Crippen LogP contribution in [-0.2, 0) is 17.9 Å². The maximum absolute atomic E-state index is 6.27. The standard InChI is InChI=1S/C22H29Cl2NO3.ClH/c1-4-26-21-8-5-7-17(14-25-11-6-12-27-16(2)3)22(21)28-15-18-9-10-19(23)13-20(18)24;/h5,7-10,13,16,25H,4,6,11-12,14-15H2,1-3H3;1H. The molecule has 0 spiro atoms. The van der Waals surface area contributed by atoms with Crippen LogP contribution in [0.5, 0.6) is 11.5 Å². The highest BCUT2D eigenvalue weighted by Crippen LogP contribution is 2.33. The minimum Gasteiger partial charge on any atom is -0.490 e. The number of halogens is 3. The summed E-state index contributed by atoms with van der Waals surface area (Å²) >= 11 is 12.2. The Morgan fingerprint density at radius 2 is 1.83 bits per heavy atom. The van der Waals surface area contributed by atoms with Crippen LogP contribution in [0.2, 0.25) is 10.0 Å². The van der Waals surface area contributed by atoms with Crippen LogP contribution in [-0.4, -0.2) is 25.9 Å². The molecule has 0 aliphatic rings. The molecule has 1 N–H and O–H groups in total. The van der Waals surface area contributed by atoms with Gasteiger partial charge in [-0.05, 0) is 51.9 Å². The van der Waals surface area contributed by atoms with E-state index in [1.54, 1.807) is 6.07 Å². The third-order valence-corrected chi connectivity index (χ3v) is 4.60. The second-order valence-electron chi connectivity index (χ2n) is 6.65.